The van der Waals surface area contributed by atoms with Gasteiger partial charge in [0.1, 0.15) is 13.2 Å². The SMILES string of the molecule is CC/C=C\C/C=C\C/C=C\C/C=C\C/C=C\CC(=O)OCC(COC(=O)CCCCCCCCCCCCCCCCCC/C=C\C/C=C\C/C=C\CCCCCCC)OC(=O)CCCCCCCCC/C=C\C/C=C\C/C=C\CC. The number of carbonyl (C=O) groups is 3. The second kappa shape index (κ2) is 68.1. The van der Waals surface area contributed by atoms with Crippen molar-refractivity contribution in [3.05, 3.63) is 134 Å². The molecule has 0 saturated carbocycles. The van der Waals surface area contributed by atoms with Crippen LogP contribution in [0.4, 0.5) is 0 Å². The summed E-state index contributed by atoms with van der Waals surface area (Å²) in [6.45, 7) is 6.32. The molecular weight excluding hydrogens is 997 g/mol. The van der Waals surface area contributed by atoms with Gasteiger partial charge in [-0.15, -0.1) is 0 Å². The third kappa shape index (κ3) is 66.2. The first kappa shape index (κ1) is 76.5. The summed E-state index contributed by atoms with van der Waals surface area (Å²) in [5.41, 5.74) is 0. The van der Waals surface area contributed by atoms with Crippen LogP contribution in [0, 0.1) is 0 Å². The summed E-state index contributed by atoms with van der Waals surface area (Å²) in [6, 6.07) is 0. The van der Waals surface area contributed by atoms with E-state index >= 15 is 0 Å². The van der Waals surface area contributed by atoms with Crippen molar-refractivity contribution in [1.29, 1.82) is 0 Å². The minimum atomic E-state index is -0.828. The van der Waals surface area contributed by atoms with E-state index in [2.05, 4.69) is 142 Å². The van der Waals surface area contributed by atoms with E-state index in [9.17, 15) is 14.4 Å². The Balaban J connectivity index is 4.31. The lowest BCUT2D eigenvalue weighted by Crippen LogP contribution is -2.30. The molecule has 0 aromatic carbocycles. The van der Waals surface area contributed by atoms with Gasteiger partial charge < -0.3 is 14.2 Å². The van der Waals surface area contributed by atoms with E-state index < -0.39 is 12.1 Å². The van der Waals surface area contributed by atoms with E-state index in [1.54, 1.807) is 6.08 Å². The highest BCUT2D eigenvalue weighted by Crippen LogP contribution is 2.16. The van der Waals surface area contributed by atoms with Crippen LogP contribution in [0.2, 0.25) is 0 Å². The molecule has 0 rings (SSSR count). The number of unbranched alkanes of at least 4 members (excludes halogenated alkanes) is 28. The molecule has 1 atom stereocenters. The minimum Gasteiger partial charge on any atom is -0.462 e. The summed E-state index contributed by atoms with van der Waals surface area (Å²) in [5, 5.41) is 0. The van der Waals surface area contributed by atoms with Gasteiger partial charge in [-0.3, -0.25) is 14.4 Å². The normalized spacial score (nSPS) is 13.0. The average molecular weight is 1120 g/mol. The maximum Gasteiger partial charge on any atom is 0.309 e. The first-order valence-electron chi connectivity index (χ1n) is 33.7. The molecule has 6 nitrogen and oxygen atoms in total. The maximum atomic E-state index is 12.9. The Kier molecular flexibility index (Phi) is 64.3. The van der Waals surface area contributed by atoms with Gasteiger partial charge in [0.2, 0.25) is 0 Å². The minimum absolute atomic E-state index is 0.114. The standard InChI is InChI=1S/C75H124O6/c1-4-7-10-13-16-19-22-25-28-30-31-32-33-34-35-36-37-38-39-40-41-42-43-45-47-50-53-56-59-62-65-68-74(77)80-71-72(70-79-73(76)67-64-61-58-55-52-49-46-27-24-21-18-15-12-9-6-3)81-75(78)69-66-63-60-57-54-51-48-44-29-26-23-20-17-14-11-8-5-2/h8-9,11-12,17-18,20-22,25-27,29-31,33-34,46,52,55,61,64,72H,4-7,10,13-16,19,23-24,28,32,35-45,47-51,53-54,56-60,62-63,65-71H2,1-3H3/b11-8-,12-9-,20-17-,21-18-,25-22-,29-26-,31-30-,34-33-,46-27-,55-52-,64-61-. The van der Waals surface area contributed by atoms with Gasteiger partial charge in [-0.1, -0.05) is 302 Å². The van der Waals surface area contributed by atoms with Gasteiger partial charge >= 0.3 is 17.9 Å². The second-order valence-corrected chi connectivity index (χ2v) is 22.0. The summed E-state index contributed by atoms with van der Waals surface area (Å²) in [7, 11) is 0. The van der Waals surface area contributed by atoms with Crippen molar-refractivity contribution in [3.8, 4) is 0 Å². The smallest absolute Gasteiger partial charge is 0.309 e. The van der Waals surface area contributed by atoms with Crippen LogP contribution >= 0.6 is 0 Å². The number of hydrogen-bond donors (Lipinski definition) is 0. The molecule has 0 saturated heterocycles. The summed E-state index contributed by atoms with van der Waals surface area (Å²) in [5.74, 6) is -1.05. The van der Waals surface area contributed by atoms with Crippen molar-refractivity contribution in [2.45, 2.75) is 309 Å². The molecule has 0 aliphatic heterocycles. The highest BCUT2D eigenvalue weighted by molar-refractivity contribution is 5.72. The van der Waals surface area contributed by atoms with Crippen molar-refractivity contribution >= 4 is 17.9 Å². The molecule has 0 fully saturated rings. The number of allylic oxidation sites excluding steroid dienone is 21. The van der Waals surface area contributed by atoms with Crippen LogP contribution in [-0.4, -0.2) is 37.2 Å². The lowest BCUT2D eigenvalue weighted by atomic mass is 10.0. The van der Waals surface area contributed by atoms with Gasteiger partial charge in [0.05, 0.1) is 6.42 Å². The predicted molar refractivity (Wildman–Crippen MR) is 353 cm³/mol. The van der Waals surface area contributed by atoms with Crippen LogP contribution in [-0.2, 0) is 28.6 Å². The fourth-order valence-electron chi connectivity index (χ4n) is 9.19. The molecule has 81 heavy (non-hydrogen) atoms. The number of hydrogen-bond acceptors (Lipinski definition) is 6. The molecule has 0 spiro atoms. The van der Waals surface area contributed by atoms with Crippen LogP contribution in [0.1, 0.15) is 303 Å². The van der Waals surface area contributed by atoms with E-state index in [4.69, 9.17) is 14.2 Å². The number of ether oxygens (including phenoxy) is 3. The van der Waals surface area contributed by atoms with E-state index in [1.807, 2.05) is 6.08 Å². The lowest BCUT2D eigenvalue weighted by Gasteiger charge is -2.18. The largest absolute Gasteiger partial charge is 0.462 e. The first-order chi connectivity index (χ1) is 40.0. The quantitative estimate of drug-likeness (QED) is 0.0261. The highest BCUT2D eigenvalue weighted by atomic mass is 16.6. The summed E-state index contributed by atoms with van der Waals surface area (Å²) >= 11 is 0. The van der Waals surface area contributed by atoms with Crippen LogP contribution in [0.3, 0.4) is 0 Å². The number of esters is 3. The van der Waals surface area contributed by atoms with Gasteiger partial charge in [-0.05, 0) is 116 Å². The van der Waals surface area contributed by atoms with Crippen LogP contribution in [0.25, 0.3) is 0 Å². The fraction of sp³-hybridized carbons (Fsp3) is 0.667. The summed E-state index contributed by atoms with van der Waals surface area (Å²) in [6.07, 6.45) is 96.5. The molecule has 0 aliphatic rings. The second-order valence-electron chi connectivity index (χ2n) is 22.0. The Morgan fingerprint density at radius 1 is 0.272 bits per heavy atom. The molecule has 0 aliphatic carbocycles. The fourth-order valence-corrected chi connectivity index (χ4v) is 9.19. The van der Waals surface area contributed by atoms with Gasteiger partial charge in [0, 0.05) is 12.8 Å². The summed E-state index contributed by atoms with van der Waals surface area (Å²) in [4.78, 5) is 38.3. The molecule has 1 unspecified atom stereocenters. The molecule has 6 heteroatoms. The Morgan fingerprint density at radius 3 is 0.864 bits per heavy atom. The van der Waals surface area contributed by atoms with Crippen molar-refractivity contribution in [1.82, 2.24) is 0 Å². The zero-order valence-corrected chi connectivity index (χ0v) is 52.8. The predicted octanol–water partition coefficient (Wildman–Crippen LogP) is 23.3. The molecule has 0 heterocycles. The van der Waals surface area contributed by atoms with E-state index in [1.165, 1.54) is 148 Å². The number of carbonyl (C=O) groups excluding carboxylic acids is 3. The monoisotopic (exact) mass is 1120 g/mol. The number of rotatable bonds is 60. The third-order valence-corrected chi connectivity index (χ3v) is 14.2. The van der Waals surface area contributed by atoms with Gasteiger partial charge in [-0.25, -0.2) is 0 Å². The zero-order valence-electron chi connectivity index (χ0n) is 52.8. The Morgan fingerprint density at radius 2 is 0.531 bits per heavy atom. The average Bonchev–Trinajstić information content (AvgIpc) is 3.47. The van der Waals surface area contributed by atoms with E-state index in [0.717, 1.165) is 116 Å². The highest BCUT2D eigenvalue weighted by Gasteiger charge is 2.19. The molecule has 460 valence electrons. The zero-order chi connectivity index (χ0) is 58.5. The van der Waals surface area contributed by atoms with Gasteiger partial charge in [0.15, 0.2) is 6.10 Å². The topological polar surface area (TPSA) is 78.9 Å². The van der Waals surface area contributed by atoms with Crippen molar-refractivity contribution in [3.63, 3.8) is 0 Å². The lowest BCUT2D eigenvalue weighted by molar-refractivity contribution is -0.166. The van der Waals surface area contributed by atoms with Crippen molar-refractivity contribution in [2.24, 2.45) is 0 Å². The first-order valence-corrected chi connectivity index (χ1v) is 33.7. The van der Waals surface area contributed by atoms with Crippen LogP contribution in [0.5, 0.6) is 0 Å². The molecule has 0 amide bonds. The molecule has 0 radical (unpaired) electrons. The van der Waals surface area contributed by atoms with Gasteiger partial charge in [0.25, 0.3) is 0 Å². The van der Waals surface area contributed by atoms with Crippen LogP contribution in [0.15, 0.2) is 134 Å². The van der Waals surface area contributed by atoms with Crippen molar-refractivity contribution in [2.75, 3.05) is 13.2 Å². The molecule has 0 bridgehead atoms. The Hall–Kier alpha value is -4.45. The third-order valence-electron chi connectivity index (χ3n) is 14.2. The van der Waals surface area contributed by atoms with Crippen molar-refractivity contribution < 1.29 is 28.6 Å². The maximum absolute atomic E-state index is 12.9. The van der Waals surface area contributed by atoms with Crippen LogP contribution < -0.4 is 0 Å². The Labute approximate surface area is 500 Å². The Bertz CT molecular complexity index is 1720. The van der Waals surface area contributed by atoms with E-state index in [0.29, 0.717) is 12.8 Å². The van der Waals surface area contributed by atoms with Gasteiger partial charge in [-0.2, -0.15) is 0 Å². The molecule has 0 aromatic rings. The van der Waals surface area contributed by atoms with E-state index in [-0.39, 0.29) is 31.6 Å². The molecule has 0 N–H and O–H groups in total. The molecular formula is C75H124O6. The summed E-state index contributed by atoms with van der Waals surface area (Å²) < 4.78 is 16.8. The molecule has 0 aromatic heterocycles.